The molecule has 0 aromatic carbocycles. The average molecular weight is 290 g/mol. The minimum atomic E-state index is -2.87. The van der Waals surface area contributed by atoms with Gasteiger partial charge in [-0.15, -0.1) is 0 Å². The molecule has 19 heavy (non-hydrogen) atoms. The molecule has 2 unspecified atom stereocenters. The molecule has 1 aliphatic heterocycles. The van der Waals surface area contributed by atoms with Gasteiger partial charge in [-0.25, -0.2) is 8.42 Å². The highest BCUT2D eigenvalue weighted by molar-refractivity contribution is 7.91. The minimum absolute atomic E-state index is 0.209. The first-order valence-corrected chi connectivity index (χ1v) is 9.15. The van der Waals surface area contributed by atoms with Crippen LogP contribution in [0, 0.1) is 5.41 Å². The quantitative estimate of drug-likeness (QED) is 0.834. The molecule has 114 valence electrons. The summed E-state index contributed by atoms with van der Waals surface area (Å²) in [6, 6.07) is 0.841. The summed E-state index contributed by atoms with van der Waals surface area (Å²) >= 11 is 0. The molecule has 0 aromatic rings. The number of nitrogens with zero attached hydrogens (tertiary/aromatic N) is 1. The van der Waals surface area contributed by atoms with E-state index in [1.165, 1.54) is 0 Å². The second-order valence-electron chi connectivity index (χ2n) is 6.82. The minimum Gasteiger partial charge on any atom is -0.311 e. The van der Waals surface area contributed by atoms with Crippen LogP contribution in [-0.4, -0.2) is 56.5 Å². The van der Waals surface area contributed by atoms with E-state index in [-0.39, 0.29) is 5.41 Å². The van der Waals surface area contributed by atoms with Crippen molar-refractivity contribution < 1.29 is 8.42 Å². The summed E-state index contributed by atoms with van der Waals surface area (Å²) in [6.45, 7) is 13.3. The fraction of sp³-hybridized carbons (Fsp3) is 1.00. The Morgan fingerprint density at radius 3 is 2.42 bits per heavy atom. The Balaban J connectivity index is 2.56. The molecular formula is C14H30N2O2S. The number of nitrogens with one attached hydrogen (secondary N) is 1. The Kier molecular flexibility index (Phi) is 5.83. The zero-order chi connectivity index (χ0) is 14.7. The number of hydrogen-bond acceptors (Lipinski definition) is 4. The monoisotopic (exact) mass is 290 g/mol. The third-order valence-corrected chi connectivity index (χ3v) is 5.78. The molecular weight excluding hydrogens is 260 g/mol. The molecule has 1 saturated heterocycles. The lowest BCUT2D eigenvalue weighted by molar-refractivity contribution is 0.0993. The summed E-state index contributed by atoms with van der Waals surface area (Å²) in [4.78, 5) is 2.32. The van der Waals surface area contributed by atoms with Gasteiger partial charge in [-0.3, -0.25) is 4.90 Å². The first-order valence-electron chi connectivity index (χ1n) is 7.33. The lowest BCUT2D eigenvalue weighted by Crippen LogP contribution is -2.60. The Morgan fingerprint density at radius 2 is 1.89 bits per heavy atom. The van der Waals surface area contributed by atoms with E-state index < -0.39 is 9.84 Å². The largest absolute Gasteiger partial charge is 0.311 e. The van der Waals surface area contributed by atoms with Crippen LogP contribution in [0.2, 0.25) is 0 Å². The summed E-state index contributed by atoms with van der Waals surface area (Å²) in [5.41, 5.74) is 0.209. The summed E-state index contributed by atoms with van der Waals surface area (Å²) in [5.74, 6) is 0.609. The van der Waals surface area contributed by atoms with Crippen molar-refractivity contribution in [3.05, 3.63) is 0 Å². The van der Waals surface area contributed by atoms with Crippen molar-refractivity contribution in [2.45, 2.75) is 53.1 Å². The van der Waals surface area contributed by atoms with Gasteiger partial charge in [0.25, 0.3) is 0 Å². The lowest BCUT2D eigenvalue weighted by atomic mass is 9.85. The van der Waals surface area contributed by atoms with Gasteiger partial charge in [0, 0.05) is 37.5 Å². The first kappa shape index (κ1) is 16.9. The molecule has 1 N–H and O–H groups in total. The molecule has 0 aliphatic carbocycles. The van der Waals surface area contributed by atoms with Crippen LogP contribution >= 0.6 is 0 Å². The van der Waals surface area contributed by atoms with Gasteiger partial charge in [0.05, 0.1) is 5.75 Å². The number of piperazine rings is 1. The molecule has 0 radical (unpaired) electrons. The lowest BCUT2D eigenvalue weighted by Gasteiger charge is -2.44. The molecule has 4 nitrogen and oxygen atoms in total. The molecule has 0 saturated carbocycles. The van der Waals surface area contributed by atoms with Crippen molar-refractivity contribution in [1.82, 2.24) is 10.2 Å². The van der Waals surface area contributed by atoms with E-state index in [0.717, 1.165) is 13.1 Å². The van der Waals surface area contributed by atoms with Gasteiger partial charge in [0.2, 0.25) is 0 Å². The number of hydrogen-bond donors (Lipinski definition) is 1. The molecule has 1 fully saturated rings. The highest BCUT2D eigenvalue weighted by Crippen LogP contribution is 2.23. The fourth-order valence-corrected chi connectivity index (χ4v) is 3.82. The molecule has 0 amide bonds. The maximum absolute atomic E-state index is 11.8. The second kappa shape index (κ2) is 6.55. The molecule has 1 heterocycles. The van der Waals surface area contributed by atoms with E-state index in [4.69, 9.17) is 0 Å². The summed E-state index contributed by atoms with van der Waals surface area (Å²) < 4.78 is 23.6. The van der Waals surface area contributed by atoms with E-state index in [9.17, 15) is 8.42 Å². The molecule has 0 spiro atoms. The SMILES string of the molecule is CCCS(=O)(=O)CCN1CC(C(C)(C)C)NCC1C. The van der Waals surface area contributed by atoms with Crippen LogP contribution in [0.4, 0.5) is 0 Å². The normalized spacial score (nSPS) is 26.6. The Morgan fingerprint density at radius 1 is 1.26 bits per heavy atom. The molecule has 5 heteroatoms. The van der Waals surface area contributed by atoms with Gasteiger partial charge in [-0.1, -0.05) is 27.7 Å². The number of sulfone groups is 1. The van der Waals surface area contributed by atoms with E-state index in [1.807, 2.05) is 6.92 Å². The van der Waals surface area contributed by atoms with Crippen molar-refractivity contribution in [3.8, 4) is 0 Å². The van der Waals surface area contributed by atoms with Gasteiger partial charge < -0.3 is 5.32 Å². The van der Waals surface area contributed by atoms with Crippen LogP contribution in [0.1, 0.15) is 41.0 Å². The highest BCUT2D eigenvalue weighted by atomic mass is 32.2. The van der Waals surface area contributed by atoms with E-state index in [1.54, 1.807) is 0 Å². The molecule has 1 rings (SSSR count). The van der Waals surface area contributed by atoms with Crippen LogP contribution in [0.5, 0.6) is 0 Å². The maximum Gasteiger partial charge on any atom is 0.151 e. The summed E-state index contributed by atoms with van der Waals surface area (Å²) in [5, 5.41) is 3.57. The topological polar surface area (TPSA) is 49.4 Å². The predicted molar refractivity (Wildman–Crippen MR) is 81.2 cm³/mol. The van der Waals surface area contributed by atoms with Crippen LogP contribution in [0.3, 0.4) is 0 Å². The van der Waals surface area contributed by atoms with Crippen molar-refractivity contribution >= 4 is 9.84 Å². The van der Waals surface area contributed by atoms with Crippen LogP contribution in [0.25, 0.3) is 0 Å². The molecule has 2 atom stereocenters. The zero-order valence-corrected chi connectivity index (χ0v) is 13.9. The first-order chi connectivity index (χ1) is 8.65. The smallest absolute Gasteiger partial charge is 0.151 e. The van der Waals surface area contributed by atoms with Gasteiger partial charge in [0.1, 0.15) is 0 Å². The molecule has 1 aliphatic rings. The van der Waals surface area contributed by atoms with Gasteiger partial charge in [-0.2, -0.15) is 0 Å². The highest BCUT2D eigenvalue weighted by Gasteiger charge is 2.32. The van der Waals surface area contributed by atoms with Crippen molar-refractivity contribution in [2.75, 3.05) is 31.1 Å². The standard InChI is InChI=1S/C14H30N2O2S/c1-6-8-19(17,18)9-7-16-11-13(14(3,4)5)15-10-12(16)2/h12-13,15H,6-11H2,1-5H3. The summed E-state index contributed by atoms with van der Waals surface area (Å²) in [7, 11) is -2.87. The summed E-state index contributed by atoms with van der Waals surface area (Å²) in [6.07, 6.45) is 0.712. The Hall–Kier alpha value is -0.130. The number of rotatable bonds is 5. The van der Waals surface area contributed by atoms with E-state index >= 15 is 0 Å². The average Bonchev–Trinajstić information content (AvgIpc) is 2.26. The van der Waals surface area contributed by atoms with E-state index in [0.29, 0.717) is 36.6 Å². The third kappa shape index (κ3) is 5.40. The maximum atomic E-state index is 11.8. The Bertz CT molecular complexity index is 373. The third-order valence-electron chi connectivity index (χ3n) is 3.95. The zero-order valence-electron chi connectivity index (χ0n) is 13.1. The van der Waals surface area contributed by atoms with Crippen LogP contribution in [0.15, 0.2) is 0 Å². The van der Waals surface area contributed by atoms with Crippen molar-refractivity contribution in [1.29, 1.82) is 0 Å². The van der Waals surface area contributed by atoms with Gasteiger partial charge >= 0.3 is 0 Å². The fourth-order valence-electron chi connectivity index (χ4n) is 2.48. The molecule has 0 aromatic heterocycles. The molecule has 0 bridgehead atoms. The van der Waals surface area contributed by atoms with Gasteiger partial charge in [0.15, 0.2) is 9.84 Å². The van der Waals surface area contributed by atoms with E-state index in [2.05, 4.69) is 37.9 Å². The van der Waals surface area contributed by atoms with Crippen LogP contribution in [-0.2, 0) is 9.84 Å². The van der Waals surface area contributed by atoms with Crippen molar-refractivity contribution in [3.63, 3.8) is 0 Å². The second-order valence-corrected chi connectivity index (χ2v) is 9.13. The van der Waals surface area contributed by atoms with Crippen molar-refractivity contribution in [2.24, 2.45) is 5.41 Å². The van der Waals surface area contributed by atoms with Gasteiger partial charge in [-0.05, 0) is 18.8 Å². The van der Waals surface area contributed by atoms with Crippen LogP contribution < -0.4 is 5.32 Å². The Labute approximate surface area is 118 Å². The predicted octanol–water partition coefficient (Wildman–Crippen LogP) is 1.52.